The van der Waals surface area contributed by atoms with E-state index in [2.05, 4.69) is 5.32 Å². The van der Waals surface area contributed by atoms with Crippen LogP contribution in [0.3, 0.4) is 0 Å². The fourth-order valence-corrected chi connectivity index (χ4v) is 4.95. The lowest BCUT2D eigenvalue weighted by Crippen LogP contribution is -3.26. The summed E-state index contributed by atoms with van der Waals surface area (Å²) < 4.78 is 11.0. The van der Waals surface area contributed by atoms with Crippen LogP contribution in [0, 0.1) is 11.8 Å². The number of esters is 1. The zero-order valence-electron chi connectivity index (χ0n) is 17.5. The van der Waals surface area contributed by atoms with E-state index in [1.54, 1.807) is 6.92 Å². The molecule has 0 saturated carbocycles. The number of piperidine rings is 2. The van der Waals surface area contributed by atoms with Gasteiger partial charge >= 0.3 is 5.97 Å². The van der Waals surface area contributed by atoms with Gasteiger partial charge in [-0.15, -0.1) is 0 Å². The van der Waals surface area contributed by atoms with Crippen molar-refractivity contribution in [1.29, 1.82) is 0 Å². The summed E-state index contributed by atoms with van der Waals surface area (Å²) in [6.45, 7) is 8.38. The van der Waals surface area contributed by atoms with E-state index in [9.17, 15) is 9.59 Å². The third-order valence-electron chi connectivity index (χ3n) is 6.30. The van der Waals surface area contributed by atoms with Crippen LogP contribution in [0.2, 0.25) is 0 Å². The Morgan fingerprint density at radius 2 is 2.18 bits per heavy atom. The molecule has 4 N–H and O–H groups in total. The maximum atomic E-state index is 13.2. The van der Waals surface area contributed by atoms with Crippen LogP contribution in [0.25, 0.3) is 0 Å². The van der Waals surface area contributed by atoms with Gasteiger partial charge in [0.2, 0.25) is 5.91 Å². The van der Waals surface area contributed by atoms with Crippen molar-refractivity contribution in [2.75, 3.05) is 26.3 Å². The molecule has 0 bridgehead atoms. The summed E-state index contributed by atoms with van der Waals surface area (Å²) in [5, 5.41) is 3.70. The number of rotatable bonds is 7. The van der Waals surface area contributed by atoms with Gasteiger partial charge in [-0.2, -0.15) is 0 Å². The molecule has 6 atom stereocenters. The highest BCUT2D eigenvalue weighted by Gasteiger charge is 2.55. The van der Waals surface area contributed by atoms with Gasteiger partial charge in [0.25, 0.3) is 0 Å². The second kappa shape index (κ2) is 9.52. The molecule has 6 unspecified atom stereocenters. The second-order valence-corrected chi connectivity index (χ2v) is 8.51. The molecular formula is C20H37N4O4+. The number of quaternary nitrogens is 1. The van der Waals surface area contributed by atoms with Crippen LogP contribution < -0.4 is 16.0 Å². The van der Waals surface area contributed by atoms with Crippen molar-refractivity contribution in [2.45, 2.75) is 77.5 Å². The average Bonchev–Trinajstić information content (AvgIpc) is 2.66. The number of ether oxygens (including phenoxy) is 2. The fraction of sp³-hybridized carbons (Fsp3) is 0.900. The van der Waals surface area contributed by atoms with E-state index in [1.165, 1.54) is 0 Å². The Morgan fingerprint density at radius 1 is 1.39 bits per heavy atom. The largest absolute Gasteiger partial charge is 0.466 e. The molecule has 3 fully saturated rings. The first kappa shape index (κ1) is 21.5. The van der Waals surface area contributed by atoms with Crippen molar-refractivity contribution in [3.63, 3.8) is 0 Å². The third kappa shape index (κ3) is 4.50. The summed E-state index contributed by atoms with van der Waals surface area (Å²) in [4.78, 5) is 28.9. The van der Waals surface area contributed by atoms with Crippen LogP contribution in [0.1, 0.15) is 52.9 Å². The molecule has 28 heavy (non-hydrogen) atoms. The maximum absolute atomic E-state index is 13.2. The van der Waals surface area contributed by atoms with E-state index in [0.717, 1.165) is 43.7 Å². The van der Waals surface area contributed by atoms with Gasteiger partial charge in [-0.3, -0.25) is 15.3 Å². The van der Waals surface area contributed by atoms with E-state index in [0.29, 0.717) is 19.6 Å². The first-order chi connectivity index (χ1) is 13.4. The lowest BCUT2D eigenvalue weighted by atomic mass is 9.81. The molecule has 1 amide bonds. The highest BCUT2D eigenvalue weighted by Crippen LogP contribution is 2.30. The molecule has 8 nitrogen and oxygen atoms in total. The molecular weight excluding hydrogens is 360 g/mol. The van der Waals surface area contributed by atoms with Gasteiger partial charge in [0, 0.05) is 13.0 Å². The van der Waals surface area contributed by atoms with Crippen molar-refractivity contribution < 1.29 is 24.0 Å². The smallest absolute Gasteiger partial charge is 0.316 e. The molecule has 0 aromatic heterocycles. The average molecular weight is 398 g/mol. The van der Waals surface area contributed by atoms with Crippen LogP contribution in [0.5, 0.6) is 0 Å². The topological polar surface area (TPSA) is 98.3 Å². The molecule has 0 aliphatic carbocycles. The van der Waals surface area contributed by atoms with Gasteiger partial charge < -0.3 is 19.3 Å². The van der Waals surface area contributed by atoms with E-state index >= 15 is 0 Å². The second-order valence-electron chi connectivity index (χ2n) is 8.51. The monoisotopic (exact) mass is 397 g/mol. The number of hydrogen-bond donors (Lipinski definition) is 3. The summed E-state index contributed by atoms with van der Waals surface area (Å²) in [5.41, 5.74) is 6.57. The lowest BCUT2D eigenvalue weighted by molar-refractivity contribution is -0.965. The van der Waals surface area contributed by atoms with Gasteiger partial charge in [-0.05, 0) is 46.5 Å². The predicted molar refractivity (Wildman–Crippen MR) is 104 cm³/mol. The van der Waals surface area contributed by atoms with Crippen LogP contribution in [0.4, 0.5) is 0 Å². The quantitative estimate of drug-likeness (QED) is 0.393. The Morgan fingerprint density at radius 3 is 2.89 bits per heavy atom. The SMILES string of the molecule is CCOC(=O)C1CC2C(=O)N3CCCCC3NC2[NH+](CCCOC(C)C)C1N. The van der Waals surface area contributed by atoms with Crippen LogP contribution in [-0.2, 0) is 19.1 Å². The summed E-state index contributed by atoms with van der Waals surface area (Å²) in [6.07, 6.45) is 4.32. The van der Waals surface area contributed by atoms with E-state index in [-0.39, 0.29) is 42.4 Å². The number of nitrogens with one attached hydrogen (secondary N) is 2. The molecule has 0 spiro atoms. The minimum absolute atomic E-state index is 0.0495. The summed E-state index contributed by atoms with van der Waals surface area (Å²) in [6, 6.07) is 0. The minimum Gasteiger partial charge on any atom is -0.466 e. The molecule has 3 saturated heterocycles. The molecule has 3 aliphatic rings. The summed E-state index contributed by atoms with van der Waals surface area (Å²) in [7, 11) is 0. The molecule has 3 rings (SSSR count). The number of fused-ring (bicyclic) bond motifs is 2. The highest BCUT2D eigenvalue weighted by molar-refractivity contribution is 5.82. The van der Waals surface area contributed by atoms with Crippen LogP contribution >= 0.6 is 0 Å². The van der Waals surface area contributed by atoms with Crippen molar-refractivity contribution in [3.05, 3.63) is 0 Å². The van der Waals surface area contributed by atoms with Gasteiger partial charge in [-0.1, -0.05) is 0 Å². The van der Waals surface area contributed by atoms with E-state index < -0.39 is 5.92 Å². The fourth-order valence-electron chi connectivity index (χ4n) is 4.95. The van der Waals surface area contributed by atoms with Crippen LogP contribution in [-0.4, -0.2) is 67.7 Å². The number of carbonyl (C=O) groups is 2. The minimum atomic E-state index is -0.450. The number of likely N-dealkylation sites (tertiary alicyclic amines) is 1. The number of amides is 1. The number of nitrogens with two attached hydrogens (primary N) is 1. The Bertz CT molecular complexity index is 558. The first-order valence-electron chi connectivity index (χ1n) is 10.9. The van der Waals surface area contributed by atoms with Gasteiger partial charge in [0.1, 0.15) is 11.8 Å². The predicted octanol–water partition coefficient (Wildman–Crippen LogP) is -0.562. The van der Waals surface area contributed by atoms with Crippen molar-refractivity contribution in [1.82, 2.24) is 10.2 Å². The van der Waals surface area contributed by atoms with E-state index in [4.69, 9.17) is 15.2 Å². The Labute approximate surface area is 168 Å². The number of carbonyl (C=O) groups excluding carboxylic acids is 2. The zero-order chi connectivity index (χ0) is 20.3. The number of hydrogen-bond acceptors (Lipinski definition) is 6. The summed E-state index contributed by atoms with van der Waals surface area (Å²) in [5.74, 6) is -0.789. The van der Waals surface area contributed by atoms with E-state index in [1.807, 2.05) is 18.7 Å². The maximum Gasteiger partial charge on any atom is 0.316 e. The van der Waals surface area contributed by atoms with Crippen molar-refractivity contribution in [2.24, 2.45) is 17.6 Å². The first-order valence-corrected chi connectivity index (χ1v) is 10.9. The van der Waals surface area contributed by atoms with Crippen LogP contribution in [0.15, 0.2) is 0 Å². The number of nitrogens with zero attached hydrogens (tertiary/aromatic N) is 1. The summed E-state index contributed by atoms with van der Waals surface area (Å²) >= 11 is 0. The lowest BCUT2D eigenvalue weighted by Gasteiger charge is -2.52. The molecule has 0 aromatic carbocycles. The third-order valence-corrected chi connectivity index (χ3v) is 6.30. The Hall–Kier alpha value is -1.22. The molecule has 160 valence electrons. The van der Waals surface area contributed by atoms with Gasteiger partial charge in [-0.25, -0.2) is 5.32 Å². The highest BCUT2D eigenvalue weighted by atomic mass is 16.5. The van der Waals surface area contributed by atoms with Crippen molar-refractivity contribution >= 4 is 11.9 Å². The molecule has 0 aromatic rings. The molecule has 8 heteroatoms. The molecule has 3 aliphatic heterocycles. The van der Waals surface area contributed by atoms with Crippen molar-refractivity contribution in [3.8, 4) is 0 Å². The molecule has 0 radical (unpaired) electrons. The van der Waals surface area contributed by atoms with Gasteiger partial charge in [0.15, 0.2) is 12.3 Å². The normalized spacial score (nSPS) is 35.5. The molecule has 3 heterocycles. The van der Waals surface area contributed by atoms with Gasteiger partial charge in [0.05, 0.1) is 32.0 Å². The Kier molecular flexibility index (Phi) is 7.31. The zero-order valence-corrected chi connectivity index (χ0v) is 17.5. The standard InChI is InChI=1S/C20H36N4O4/c1-4-27-20(26)14-12-15-18(22-16-8-5-6-9-23(16)19(15)25)24(17(14)21)10-7-11-28-13(2)3/h13-18,22H,4-12,21H2,1-3H3/p+1. The Balaban J connectivity index is 1.77.